The van der Waals surface area contributed by atoms with Crippen molar-refractivity contribution in [2.75, 3.05) is 11.9 Å². The van der Waals surface area contributed by atoms with Crippen LogP contribution in [0.1, 0.15) is 5.76 Å². The van der Waals surface area contributed by atoms with Crippen molar-refractivity contribution in [3.63, 3.8) is 0 Å². The topological polar surface area (TPSA) is 112 Å². The van der Waals surface area contributed by atoms with Crippen molar-refractivity contribution < 1.29 is 28.1 Å². The maximum Gasteiger partial charge on any atom is 0.331 e. The molecule has 1 amide bonds. The van der Waals surface area contributed by atoms with Gasteiger partial charge in [-0.3, -0.25) is 14.9 Å². The molecule has 0 saturated heterocycles. The zero-order valence-electron chi connectivity index (χ0n) is 12.4. The molecule has 25 heavy (non-hydrogen) atoms. The van der Waals surface area contributed by atoms with Gasteiger partial charge in [-0.15, -0.1) is 0 Å². The molecule has 2 rings (SSSR count). The highest BCUT2D eigenvalue weighted by Gasteiger charge is 2.15. The lowest BCUT2D eigenvalue weighted by Gasteiger charge is -2.05. The highest BCUT2D eigenvalue weighted by Crippen LogP contribution is 2.21. The van der Waals surface area contributed by atoms with E-state index < -0.39 is 34.9 Å². The molecule has 0 atom stereocenters. The third-order valence-electron chi connectivity index (χ3n) is 2.75. The number of nitro groups is 1. The summed E-state index contributed by atoms with van der Waals surface area (Å²) < 4.78 is 23.5. The van der Waals surface area contributed by atoms with Gasteiger partial charge < -0.3 is 14.5 Å². The first-order chi connectivity index (χ1) is 11.8. The summed E-state index contributed by atoms with van der Waals surface area (Å²) in [7, 11) is 0. The van der Waals surface area contributed by atoms with E-state index in [2.05, 4.69) is 21.2 Å². The summed E-state index contributed by atoms with van der Waals surface area (Å²) >= 11 is 3.10. The second-order valence-corrected chi connectivity index (χ2v) is 5.34. The second-order valence-electron chi connectivity index (χ2n) is 4.55. The average Bonchev–Trinajstić information content (AvgIpc) is 2.98. The molecule has 1 heterocycles. The lowest BCUT2D eigenvalue weighted by atomic mass is 10.2. The number of esters is 1. The van der Waals surface area contributed by atoms with E-state index in [4.69, 9.17) is 9.15 Å². The number of ether oxygens (including phenoxy) is 1. The Bertz CT molecular complexity index is 848. The fraction of sp³-hybridized carbons (Fsp3) is 0.0667. The molecule has 0 spiro atoms. The molecule has 1 aromatic carbocycles. The van der Waals surface area contributed by atoms with Crippen LogP contribution in [0.15, 0.2) is 45.5 Å². The first-order valence-corrected chi connectivity index (χ1v) is 7.48. The Balaban J connectivity index is 1.86. The molecule has 0 radical (unpaired) electrons. The molecule has 1 aromatic heterocycles. The van der Waals surface area contributed by atoms with Crippen molar-refractivity contribution in [3.05, 3.63) is 62.8 Å². The Labute approximate surface area is 148 Å². The fourth-order valence-corrected chi connectivity index (χ4v) is 2.00. The number of nitrogens with zero attached hydrogens (tertiary/aromatic N) is 1. The van der Waals surface area contributed by atoms with Crippen LogP contribution < -0.4 is 5.32 Å². The molecule has 2 aromatic rings. The van der Waals surface area contributed by atoms with E-state index >= 15 is 0 Å². The van der Waals surface area contributed by atoms with Gasteiger partial charge in [0.15, 0.2) is 11.3 Å². The Morgan fingerprint density at radius 1 is 1.36 bits per heavy atom. The second kappa shape index (κ2) is 8.20. The van der Waals surface area contributed by atoms with Crippen LogP contribution in [0, 0.1) is 15.9 Å². The predicted octanol–water partition coefficient (Wildman–Crippen LogP) is 3.28. The number of halogens is 2. The van der Waals surface area contributed by atoms with Crippen LogP contribution in [-0.4, -0.2) is 23.4 Å². The number of furan rings is 1. The monoisotopic (exact) mass is 412 g/mol. The summed E-state index contributed by atoms with van der Waals surface area (Å²) in [4.78, 5) is 32.9. The molecule has 1 N–H and O–H groups in total. The summed E-state index contributed by atoms with van der Waals surface area (Å²) in [5.74, 6) is -2.13. The Morgan fingerprint density at radius 3 is 2.76 bits per heavy atom. The quantitative estimate of drug-likeness (QED) is 0.337. The van der Waals surface area contributed by atoms with Crippen molar-refractivity contribution in [3.8, 4) is 0 Å². The summed E-state index contributed by atoms with van der Waals surface area (Å²) in [5.41, 5.74) is -0.771. The van der Waals surface area contributed by atoms with Crippen molar-refractivity contribution in [1.29, 1.82) is 0 Å². The van der Waals surface area contributed by atoms with Gasteiger partial charge in [0.05, 0.1) is 4.92 Å². The summed E-state index contributed by atoms with van der Waals surface area (Å²) in [6.45, 7) is -0.615. The van der Waals surface area contributed by atoms with Crippen LogP contribution in [0.3, 0.4) is 0 Å². The zero-order valence-corrected chi connectivity index (χ0v) is 14.0. The molecule has 0 bridgehead atoms. The number of amides is 1. The van der Waals surface area contributed by atoms with Crippen molar-refractivity contribution in [2.24, 2.45) is 0 Å². The van der Waals surface area contributed by atoms with Gasteiger partial charge in [0.2, 0.25) is 5.82 Å². The van der Waals surface area contributed by atoms with Gasteiger partial charge in [0.25, 0.3) is 5.91 Å². The summed E-state index contributed by atoms with van der Waals surface area (Å²) in [5, 5.41) is 12.9. The molecule has 10 heteroatoms. The first kappa shape index (κ1) is 18.3. The Morgan fingerprint density at radius 2 is 2.12 bits per heavy atom. The van der Waals surface area contributed by atoms with Crippen LogP contribution in [0.25, 0.3) is 6.08 Å². The minimum Gasteiger partial charge on any atom is -0.452 e. The fourth-order valence-electron chi connectivity index (χ4n) is 1.68. The third kappa shape index (κ3) is 5.53. The van der Waals surface area contributed by atoms with Crippen LogP contribution in [0.5, 0.6) is 0 Å². The van der Waals surface area contributed by atoms with Gasteiger partial charge in [-0.25, -0.2) is 4.79 Å². The molecule has 0 aliphatic rings. The van der Waals surface area contributed by atoms with E-state index in [1.165, 1.54) is 6.08 Å². The third-order valence-corrected chi connectivity index (χ3v) is 3.18. The van der Waals surface area contributed by atoms with Gasteiger partial charge in [-0.05, 0) is 46.3 Å². The van der Waals surface area contributed by atoms with Gasteiger partial charge in [-0.1, -0.05) is 0 Å². The van der Waals surface area contributed by atoms with E-state index in [0.29, 0.717) is 10.4 Å². The molecule has 0 aliphatic heterocycles. The maximum atomic E-state index is 13.2. The average molecular weight is 413 g/mol. The number of carbonyl (C=O) groups excluding carboxylic acids is 2. The molecular weight excluding hydrogens is 403 g/mol. The Kier molecular flexibility index (Phi) is 6.01. The SMILES string of the molecule is O=C(COC(=O)C=Cc1ccc(Br)o1)Nc1ccc(F)c([N+](=O)[O-])c1. The first-order valence-electron chi connectivity index (χ1n) is 6.69. The molecule has 0 unspecified atom stereocenters. The van der Waals surface area contributed by atoms with Crippen LogP contribution in [-0.2, 0) is 14.3 Å². The maximum absolute atomic E-state index is 13.2. The van der Waals surface area contributed by atoms with E-state index in [1.807, 2.05) is 0 Å². The van der Waals surface area contributed by atoms with Crippen molar-refractivity contribution >= 4 is 45.3 Å². The van der Waals surface area contributed by atoms with Gasteiger partial charge in [0.1, 0.15) is 5.76 Å². The molecule has 8 nitrogen and oxygen atoms in total. The number of rotatable bonds is 6. The summed E-state index contributed by atoms with van der Waals surface area (Å²) in [6, 6.07) is 6.12. The normalized spacial score (nSPS) is 10.6. The number of hydrogen-bond donors (Lipinski definition) is 1. The highest BCUT2D eigenvalue weighted by atomic mass is 79.9. The van der Waals surface area contributed by atoms with Crippen LogP contribution >= 0.6 is 15.9 Å². The van der Waals surface area contributed by atoms with Gasteiger partial charge in [-0.2, -0.15) is 4.39 Å². The van der Waals surface area contributed by atoms with Crippen LogP contribution in [0.2, 0.25) is 0 Å². The largest absolute Gasteiger partial charge is 0.452 e. The summed E-state index contributed by atoms with van der Waals surface area (Å²) in [6.07, 6.45) is 2.43. The number of nitro benzene ring substituents is 1. The lowest BCUT2D eigenvalue weighted by Crippen LogP contribution is -2.20. The predicted molar refractivity (Wildman–Crippen MR) is 88.1 cm³/mol. The standard InChI is InChI=1S/C15H10BrFN2O6/c16-13-5-2-10(25-13)3-6-15(21)24-8-14(20)18-9-1-4-11(17)12(7-9)19(22)23/h1-7H,8H2,(H,18,20). The molecular formula is C15H10BrFN2O6. The minimum atomic E-state index is -1.02. The number of anilines is 1. The van der Waals surface area contributed by atoms with Gasteiger partial charge >= 0.3 is 11.7 Å². The molecule has 0 fully saturated rings. The van der Waals surface area contributed by atoms with E-state index in [1.54, 1.807) is 12.1 Å². The molecule has 0 saturated carbocycles. The lowest BCUT2D eigenvalue weighted by molar-refractivity contribution is -0.387. The number of benzene rings is 1. The Hall–Kier alpha value is -3.01. The van der Waals surface area contributed by atoms with Gasteiger partial charge in [0, 0.05) is 17.8 Å². The zero-order chi connectivity index (χ0) is 18.4. The molecule has 130 valence electrons. The highest BCUT2D eigenvalue weighted by molar-refractivity contribution is 9.10. The van der Waals surface area contributed by atoms with Crippen molar-refractivity contribution in [2.45, 2.75) is 0 Å². The van der Waals surface area contributed by atoms with E-state index in [-0.39, 0.29) is 5.69 Å². The molecule has 0 aliphatic carbocycles. The number of nitrogens with one attached hydrogen (secondary N) is 1. The van der Waals surface area contributed by atoms with Crippen LogP contribution in [0.4, 0.5) is 15.8 Å². The van der Waals surface area contributed by atoms with Crippen molar-refractivity contribution in [1.82, 2.24) is 0 Å². The number of hydrogen-bond acceptors (Lipinski definition) is 6. The number of carbonyl (C=O) groups is 2. The van der Waals surface area contributed by atoms with E-state index in [0.717, 1.165) is 24.3 Å². The smallest absolute Gasteiger partial charge is 0.331 e. The van der Waals surface area contributed by atoms with E-state index in [9.17, 15) is 24.1 Å². The minimum absolute atomic E-state index is 0.00475.